The SMILES string of the molecule is CC(NC(=O)CC1(O)CCCC1)(C(N)=O)c1ccccc1. The normalized spacial score (nSPS) is 19.7. The largest absolute Gasteiger partial charge is 0.389 e. The van der Waals surface area contributed by atoms with Gasteiger partial charge >= 0.3 is 0 Å². The molecule has 0 spiro atoms. The summed E-state index contributed by atoms with van der Waals surface area (Å²) in [4.78, 5) is 24.0. The van der Waals surface area contributed by atoms with Crippen LogP contribution in [-0.4, -0.2) is 22.5 Å². The molecule has 1 atom stereocenters. The Morgan fingerprint density at radius 3 is 2.38 bits per heavy atom. The third-order valence-corrected chi connectivity index (χ3v) is 4.26. The van der Waals surface area contributed by atoms with Crippen LogP contribution in [0.4, 0.5) is 0 Å². The number of primary amides is 1. The van der Waals surface area contributed by atoms with E-state index >= 15 is 0 Å². The summed E-state index contributed by atoms with van der Waals surface area (Å²) in [6.07, 6.45) is 3.10. The fourth-order valence-electron chi connectivity index (χ4n) is 2.88. The standard InChI is InChI=1S/C16H22N2O3/c1-15(14(17)20,12-7-3-2-4-8-12)18-13(19)11-16(21)9-5-6-10-16/h2-4,7-8,21H,5-6,9-11H2,1H3,(H2,17,20)(H,18,19). The van der Waals surface area contributed by atoms with Crippen LogP contribution in [0, 0.1) is 0 Å². The van der Waals surface area contributed by atoms with Gasteiger partial charge in [0.1, 0.15) is 5.54 Å². The smallest absolute Gasteiger partial charge is 0.247 e. The minimum absolute atomic E-state index is 0.00268. The highest BCUT2D eigenvalue weighted by molar-refractivity contribution is 5.91. The first-order valence-electron chi connectivity index (χ1n) is 7.25. The van der Waals surface area contributed by atoms with Crippen molar-refractivity contribution in [3.8, 4) is 0 Å². The Kier molecular flexibility index (Phi) is 4.32. The van der Waals surface area contributed by atoms with E-state index in [0.717, 1.165) is 12.8 Å². The van der Waals surface area contributed by atoms with E-state index in [1.54, 1.807) is 31.2 Å². The first-order valence-corrected chi connectivity index (χ1v) is 7.25. The van der Waals surface area contributed by atoms with E-state index in [0.29, 0.717) is 18.4 Å². The van der Waals surface area contributed by atoms with Crippen LogP contribution in [0.2, 0.25) is 0 Å². The average molecular weight is 290 g/mol. The second kappa shape index (κ2) is 5.85. The minimum atomic E-state index is -1.27. The van der Waals surface area contributed by atoms with Crippen LogP contribution in [0.3, 0.4) is 0 Å². The van der Waals surface area contributed by atoms with Gasteiger partial charge in [0, 0.05) is 0 Å². The summed E-state index contributed by atoms with van der Waals surface area (Å²) in [5.74, 6) is -0.981. The second-order valence-electron chi connectivity index (χ2n) is 6.01. The number of carbonyl (C=O) groups is 2. The van der Waals surface area contributed by atoms with Gasteiger partial charge in [0.2, 0.25) is 11.8 Å². The lowest BCUT2D eigenvalue weighted by Crippen LogP contribution is -2.53. The molecule has 5 nitrogen and oxygen atoms in total. The van der Waals surface area contributed by atoms with Crippen molar-refractivity contribution in [2.45, 2.75) is 50.2 Å². The molecule has 0 radical (unpaired) electrons. The molecule has 2 rings (SSSR count). The number of aliphatic hydroxyl groups is 1. The minimum Gasteiger partial charge on any atom is -0.389 e. The van der Waals surface area contributed by atoms with E-state index < -0.39 is 17.0 Å². The molecule has 0 heterocycles. The van der Waals surface area contributed by atoms with Crippen molar-refractivity contribution in [1.29, 1.82) is 0 Å². The number of nitrogens with one attached hydrogen (secondary N) is 1. The fraction of sp³-hybridized carbons (Fsp3) is 0.500. The summed E-state index contributed by atoms with van der Waals surface area (Å²) < 4.78 is 0. The Labute approximate surface area is 124 Å². The molecule has 1 aromatic carbocycles. The number of hydrogen-bond acceptors (Lipinski definition) is 3. The summed E-state index contributed by atoms with van der Waals surface area (Å²) >= 11 is 0. The highest BCUT2D eigenvalue weighted by Gasteiger charge is 2.38. The number of carbonyl (C=O) groups excluding carboxylic acids is 2. The van der Waals surface area contributed by atoms with E-state index in [9.17, 15) is 14.7 Å². The van der Waals surface area contributed by atoms with Crippen molar-refractivity contribution < 1.29 is 14.7 Å². The van der Waals surface area contributed by atoms with Crippen LogP contribution in [-0.2, 0) is 15.1 Å². The Bertz CT molecular complexity index is 524. The highest BCUT2D eigenvalue weighted by Crippen LogP contribution is 2.32. The molecule has 4 N–H and O–H groups in total. The van der Waals surface area contributed by atoms with E-state index in [2.05, 4.69) is 5.32 Å². The van der Waals surface area contributed by atoms with Gasteiger partial charge in [-0.25, -0.2) is 0 Å². The fourth-order valence-corrected chi connectivity index (χ4v) is 2.88. The lowest BCUT2D eigenvalue weighted by Gasteiger charge is -2.30. The Hall–Kier alpha value is -1.88. The summed E-state index contributed by atoms with van der Waals surface area (Å²) in [5, 5.41) is 13.0. The van der Waals surface area contributed by atoms with E-state index in [1.807, 2.05) is 6.07 Å². The Morgan fingerprint density at radius 2 is 1.86 bits per heavy atom. The molecule has 0 bridgehead atoms. The third kappa shape index (κ3) is 3.42. The second-order valence-corrected chi connectivity index (χ2v) is 6.01. The Morgan fingerprint density at radius 1 is 1.29 bits per heavy atom. The first-order chi connectivity index (χ1) is 9.86. The number of amides is 2. The van der Waals surface area contributed by atoms with Gasteiger partial charge in [-0.1, -0.05) is 43.2 Å². The van der Waals surface area contributed by atoms with Gasteiger partial charge in [-0.2, -0.15) is 0 Å². The predicted octanol–water partition coefficient (Wildman–Crippen LogP) is 1.20. The number of rotatable bonds is 5. The lowest BCUT2D eigenvalue weighted by molar-refractivity contribution is -0.134. The summed E-state index contributed by atoms with van der Waals surface area (Å²) in [7, 11) is 0. The maximum Gasteiger partial charge on any atom is 0.247 e. The van der Waals surface area contributed by atoms with Crippen LogP contribution in [0.5, 0.6) is 0 Å². The molecule has 1 unspecified atom stereocenters. The van der Waals surface area contributed by atoms with Crippen LogP contribution in [0.1, 0.15) is 44.6 Å². The average Bonchev–Trinajstić information content (AvgIpc) is 2.85. The molecule has 21 heavy (non-hydrogen) atoms. The van der Waals surface area contributed by atoms with Crippen LogP contribution >= 0.6 is 0 Å². The van der Waals surface area contributed by atoms with Crippen molar-refractivity contribution in [2.75, 3.05) is 0 Å². The molecule has 5 heteroatoms. The van der Waals surface area contributed by atoms with Gasteiger partial charge < -0.3 is 16.2 Å². The van der Waals surface area contributed by atoms with Crippen LogP contribution in [0.15, 0.2) is 30.3 Å². The van der Waals surface area contributed by atoms with Gasteiger partial charge in [0.15, 0.2) is 0 Å². The zero-order chi connectivity index (χ0) is 15.5. The molecule has 2 amide bonds. The molecule has 1 saturated carbocycles. The molecular weight excluding hydrogens is 268 g/mol. The number of benzene rings is 1. The van der Waals surface area contributed by atoms with Gasteiger partial charge in [-0.05, 0) is 25.3 Å². The predicted molar refractivity (Wildman–Crippen MR) is 79.2 cm³/mol. The molecule has 1 aliphatic rings. The lowest BCUT2D eigenvalue weighted by atomic mass is 9.90. The van der Waals surface area contributed by atoms with Crippen LogP contribution < -0.4 is 11.1 Å². The van der Waals surface area contributed by atoms with E-state index in [-0.39, 0.29) is 12.3 Å². The van der Waals surface area contributed by atoms with Crippen molar-refractivity contribution in [2.24, 2.45) is 5.73 Å². The number of nitrogens with two attached hydrogens (primary N) is 1. The maximum atomic E-state index is 12.2. The molecular formula is C16H22N2O3. The zero-order valence-corrected chi connectivity index (χ0v) is 12.3. The molecule has 1 fully saturated rings. The van der Waals surface area contributed by atoms with Gasteiger partial charge in [-0.3, -0.25) is 9.59 Å². The van der Waals surface area contributed by atoms with Gasteiger partial charge in [0.25, 0.3) is 0 Å². The van der Waals surface area contributed by atoms with Crippen molar-refractivity contribution in [3.05, 3.63) is 35.9 Å². The molecule has 0 aromatic heterocycles. The Balaban J connectivity index is 2.13. The van der Waals surface area contributed by atoms with Crippen molar-refractivity contribution in [1.82, 2.24) is 5.32 Å². The summed E-state index contributed by atoms with van der Waals surface area (Å²) in [6, 6.07) is 8.89. The summed E-state index contributed by atoms with van der Waals surface area (Å²) in [5.41, 5.74) is 3.89. The van der Waals surface area contributed by atoms with Crippen molar-refractivity contribution in [3.63, 3.8) is 0 Å². The van der Waals surface area contributed by atoms with Gasteiger partial charge in [-0.15, -0.1) is 0 Å². The molecule has 0 saturated heterocycles. The first kappa shape index (κ1) is 15.5. The molecule has 0 aliphatic heterocycles. The monoisotopic (exact) mass is 290 g/mol. The summed E-state index contributed by atoms with van der Waals surface area (Å²) in [6.45, 7) is 1.58. The van der Waals surface area contributed by atoms with Crippen LogP contribution in [0.25, 0.3) is 0 Å². The molecule has 1 aliphatic carbocycles. The molecule has 114 valence electrons. The topological polar surface area (TPSA) is 92.4 Å². The molecule has 1 aromatic rings. The van der Waals surface area contributed by atoms with E-state index in [1.165, 1.54) is 0 Å². The zero-order valence-electron chi connectivity index (χ0n) is 12.3. The highest BCUT2D eigenvalue weighted by atomic mass is 16.3. The van der Waals surface area contributed by atoms with Crippen molar-refractivity contribution >= 4 is 11.8 Å². The quantitative estimate of drug-likeness (QED) is 0.760. The third-order valence-electron chi connectivity index (χ3n) is 4.26. The number of hydrogen-bond donors (Lipinski definition) is 3. The van der Waals surface area contributed by atoms with E-state index in [4.69, 9.17) is 5.73 Å². The maximum absolute atomic E-state index is 12.2. The van der Waals surface area contributed by atoms with Gasteiger partial charge in [0.05, 0.1) is 12.0 Å².